The van der Waals surface area contributed by atoms with Crippen LogP contribution in [-0.4, -0.2) is 31.7 Å². The van der Waals surface area contributed by atoms with Gasteiger partial charge in [-0.05, 0) is 40.5 Å². The molecule has 0 rings (SSSR count). The van der Waals surface area contributed by atoms with Crippen LogP contribution in [0.5, 0.6) is 0 Å². The number of rotatable bonds is 6. The van der Waals surface area contributed by atoms with E-state index in [2.05, 4.69) is 9.44 Å². The predicted octanol–water partition coefficient (Wildman–Crippen LogP) is 0.370. The van der Waals surface area contributed by atoms with Gasteiger partial charge in [0.25, 0.3) is 10.2 Å². The van der Waals surface area contributed by atoms with Crippen LogP contribution >= 0.6 is 0 Å². The summed E-state index contributed by atoms with van der Waals surface area (Å²) in [5, 5.41) is 8.61. The number of aliphatic hydroxyl groups is 1. The van der Waals surface area contributed by atoms with Crippen LogP contribution in [0.15, 0.2) is 0 Å². The SMILES string of the molecule is CC(CCCO)NS(=O)(=O)NC(C)(C)C. The summed E-state index contributed by atoms with van der Waals surface area (Å²) in [7, 11) is -3.45. The summed E-state index contributed by atoms with van der Waals surface area (Å²) in [6.07, 6.45) is 1.22. The molecular formula is C9H22N2O3S. The fourth-order valence-electron chi connectivity index (χ4n) is 1.15. The second kappa shape index (κ2) is 5.79. The first kappa shape index (κ1) is 14.8. The lowest BCUT2D eigenvalue weighted by molar-refractivity contribution is 0.279. The van der Waals surface area contributed by atoms with Crippen LogP contribution in [0.25, 0.3) is 0 Å². The van der Waals surface area contributed by atoms with Crippen molar-refractivity contribution in [2.45, 2.75) is 52.1 Å². The molecule has 0 heterocycles. The number of aliphatic hydroxyl groups excluding tert-OH is 1. The minimum atomic E-state index is -3.45. The van der Waals surface area contributed by atoms with E-state index >= 15 is 0 Å². The van der Waals surface area contributed by atoms with Crippen LogP contribution in [0.1, 0.15) is 40.5 Å². The van der Waals surface area contributed by atoms with E-state index in [1.54, 1.807) is 27.7 Å². The largest absolute Gasteiger partial charge is 0.396 e. The molecule has 0 aliphatic carbocycles. The second-order valence-electron chi connectivity index (χ2n) is 4.74. The lowest BCUT2D eigenvalue weighted by Gasteiger charge is -2.22. The van der Waals surface area contributed by atoms with Gasteiger partial charge in [0.2, 0.25) is 0 Å². The van der Waals surface area contributed by atoms with E-state index in [0.29, 0.717) is 12.8 Å². The topological polar surface area (TPSA) is 78.4 Å². The first-order valence-electron chi connectivity index (χ1n) is 5.08. The van der Waals surface area contributed by atoms with E-state index in [-0.39, 0.29) is 12.6 Å². The molecule has 3 N–H and O–H groups in total. The van der Waals surface area contributed by atoms with Gasteiger partial charge < -0.3 is 5.11 Å². The first-order chi connectivity index (χ1) is 6.66. The number of hydrogen-bond donors (Lipinski definition) is 3. The van der Waals surface area contributed by atoms with Gasteiger partial charge in [0.05, 0.1) is 0 Å². The second-order valence-corrected chi connectivity index (χ2v) is 6.19. The summed E-state index contributed by atoms with van der Waals surface area (Å²) in [6, 6.07) is -0.169. The monoisotopic (exact) mass is 238 g/mol. The normalized spacial score (nSPS) is 15.3. The maximum atomic E-state index is 11.5. The molecule has 0 radical (unpaired) electrons. The lowest BCUT2D eigenvalue weighted by Crippen LogP contribution is -2.49. The Labute approximate surface area is 92.4 Å². The van der Waals surface area contributed by atoms with E-state index in [9.17, 15) is 8.42 Å². The summed E-state index contributed by atoms with van der Waals surface area (Å²) >= 11 is 0. The van der Waals surface area contributed by atoms with Crippen molar-refractivity contribution in [3.63, 3.8) is 0 Å². The molecule has 0 aromatic heterocycles. The zero-order valence-electron chi connectivity index (χ0n) is 9.87. The van der Waals surface area contributed by atoms with Gasteiger partial charge in [-0.15, -0.1) is 0 Å². The van der Waals surface area contributed by atoms with Crippen LogP contribution in [0, 0.1) is 0 Å². The van der Waals surface area contributed by atoms with Crippen molar-refractivity contribution in [2.75, 3.05) is 6.61 Å². The zero-order chi connectivity index (χ0) is 12.1. The standard InChI is InChI=1S/C9H22N2O3S/c1-8(6-5-7-12)10-15(13,14)11-9(2,3)4/h8,10-12H,5-7H2,1-4H3. The van der Waals surface area contributed by atoms with Crippen molar-refractivity contribution >= 4 is 10.2 Å². The molecule has 0 saturated carbocycles. The van der Waals surface area contributed by atoms with Gasteiger partial charge in [-0.1, -0.05) is 0 Å². The molecule has 1 unspecified atom stereocenters. The Morgan fingerprint density at radius 1 is 1.33 bits per heavy atom. The van der Waals surface area contributed by atoms with E-state index in [0.717, 1.165) is 0 Å². The Balaban J connectivity index is 4.15. The summed E-state index contributed by atoms with van der Waals surface area (Å²) in [4.78, 5) is 0. The van der Waals surface area contributed by atoms with Crippen molar-refractivity contribution in [1.29, 1.82) is 0 Å². The highest BCUT2D eigenvalue weighted by Gasteiger charge is 2.20. The van der Waals surface area contributed by atoms with Gasteiger partial charge in [-0.3, -0.25) is 0 Å². The fraction of sp³-hybridized carbons (Fsp3) is 1.00. The fourth-order valence-corrected chi connectivity index (χ4v) is 2.67. The maximum absolute atomic E-state index is 11.5. The minimum Gasteiger partial charge on any atom is -0.396 e. The van der Waals surface area contributed by atoms with Crippen molar-refractivity contribution in [3.8, 4) is 0 Å². The van der Waals surface area contributed by atoms with Gasteiger partial charge in [0.1, 0.15) is 0 Å². The molecule has 5 nitrogen and oxygen atoms in total. The van der Waals surface area contributed by atoms with Crippen LogP contribution in [0.2, 0.25) is 0 Å². The first-order valence-corrected chi connectivity index (χ1v) is 6.57. The molecule has 1 atom stereocenters. The molecule has 0 aliphatic rings. The summed E-state index contributed by atoms with van der Waals surface area (Å²) < 4.78 is 28.1. The maximum Gasteiger partial charge on any atom is 0.277 e. The van der Waals surface area contributed by atoms with E-state index in [1.165, 1.54) is 0 Å². The van der Waals surface area contributed by atoms with Crippen LogP contribution in [0.3, 0.4) is 0 Å². The third-order valence-corrected chi connectivity index (χ3v) is 3.19. The zero-order valence-corrected chi connectivity index (χ0v) is 10.7. The smallest absolute Gasteiger partial charge is 0.277 e. The Hall–Kier alpha value is -0.170. The quantitative estimate of drug-likeness (QED) is 0.625. The molecule has 6 heteroatoms. The van der Waals surface area contributed by atoms with Crippen molar-refractivity contribution in [3.05, 3.63) is 0 Å². The van der Waals surface area contributed by atoms with E-state index < -0.39 is 15.7 Å². The molecule has 0 aromatic rings. The minimum absolute atomic E-state index is 0.0821. The highest BCUT2D eigenvalue weighted by Crippen LogP contribution is 2.02. The van der Waals surface area contributed by atoms with Gasteiger partial charge in [-0.25, -0.2) is 0 Å². The number of hydrogen-bond acceptors (Lipinski definition) is 3. The Kier molecular flexibility index (Phi) is 5.72. The summed E-state index contributed by atoms with van der Waals surface area (Å²) in [6.45, 7) is 7.20. The molecule has 0 bridgehead atoms. The summed E-state index contributed by atoms with van der Waals surface area (Å²) in [5.41, 5.74) is -0.484. The van der Waals surface area contributed by atoms with E-state index in [4.69, 9.17) is 5.11 Å². The molecule has 0 amide bonds. The molecule has 0 aromatic carbocycles. The van der Waals surface area contributed by atoms with Gasteiger partial charge >= 0.3 is 0 Å². The van der Waals surface area contributed by atoms with Crippen molar-refractivity contribution in [2.24, 2.45) is 0 Å². The average molecular weight is 238 g/mol. The molecule has 0 aliphatic heterocycles. The van der Waals surface area contributed by atoms with Gasteiger partial charge in [0.15, 0.2) is 0 Å². The predicted molar refractivity (Wildman–Crippen MR) is 60.7 cm³/mol. The van der Waals surface area contributed by atoms with Crippen molar-refractivity contribution in [1.82, 2.24) is 9.44 Å². The third-order valence-electron chi connectivity index (χ3n) is 1.59. The highest BCUT2D eigenvalue weighted by molar-refractivity contribution is 7.87. The molecule has 0 spiro atoms. The number of nitrogens with one attached hydrogen (secondary N) is 2. The van der Waals surface area contributed by atoms with Crippen LogP contribution in [-0.2, 0) is 10.2 Å². The van der Waals surface area contributed by atoms with Crippen LogP contribution in [0.4, 0.5) is 0 Å². The average Bonchev–Trinajstić information content (AvgIpc) is 1.94. The van der Waals surface area contributed by atoms with Crippen LogP contribution < -0.4 is 9.44 Å². The Morgan fingerprint density at radius 3 is 2.27 bits per heavy atom. The highest BCUT2D eigenvalue weighted by atomic mass is 32.2. The van der Waals surface area contributed by atoms with E-state index in [1.807, 2.05) is 0 Å². The van der Waals surface area contributed by atoms with Gasteiger partial charge in [0, 0.05) is 18.2 Å². The van der Waals surface area contributed by atoms with Crippen molar-refractivity contribution < 1.29 is 13.5 Å². The molecular weight excluding hydrogens is 216 g/mol. The molecule has 0 saturated heterocycles. The molecule has 92 valence electrons. The van der Waals surface area contributed by atoms with Gasteiger partial charge in [-0.2, -0.15) is 17.9 Å². The summed E-state index contributed by atoms with van der Waals surface area (Å²) in [5.74, 6) is 0. The third kappa shape index (κ3) is 8.80. The Bertz CT molecular complexity index is 270. The molecule has 15 heavy (non-hydrogen) atoms. The Morgan fingerprint density at radius 2 is 1.87 bits per heavy atom. The lowest BCUT2D eigenvalue weighted by atomic mass is 10.1. The molecule has 0 fully saturated rings.